The lowest BCUT2D eigenvalue weighted by Crippen LogP contribution is -2.31. The van der Waals surface area contributed by atoms with E-state index in [1.807, 2.05) is 25.9 Å². The van der Waals surface area contributed by atoms with Gasteiger partial charge in [0.1, 0.15) is 0 Å². The Bertz CT molecular complexity index is 758. The van der Waals surface area contributed by atoms with Crippen molar-refractivity contribution in [3.8, 4) is 0 Å². The van der Waals surface area contributed by atoms with Gasteiger partial charge >= 0.3 is 0 Å². The molecule has 0 atom stereocenters. The van der Waals surface area contributed by atoms with Gasteiger partial charge in [-0.25, -0.2) is 0 Å². The Balaban J connectivity index is 1.99. The van der Waals surface area contributed by atoms with Crippen molar-refractivity contribution in [2.24, 2.45) is 0 Å². The van der Waals surface area contributed by atoms with Crippen LogP contribution in [0.3, 0.4) is 0 Å². The Morgan fingerprint density at radius 1 is 1.00 bits per heavy atom. The molecule has 0 aliphatic heterocycles. The molecule has 25 heavy (non-hydrogen) atoms. The van der Waals surface area contributed by atoms with E-state index < -0.39 is 0 Å². The highest BCUT2D eigenvalue weighted by Crippen LogP contribution is 2.20. The summed E-state index contributed by atoms with van der Waals surface area (Å²) in [4.78, 5) is 26.4. The molecule has 0 fully saturated rings. The largest absolute Gasteiger partial charge is 0.351 e. The number of nitrogens with one attached hydrogen (secondary N) is 2. The fourth-order valence-corrected chi connectivity index (χ4v) is 2.46. The quantitative estimate of drug-likeness (QED) is 0.832. The molecule has 2 N–H and O–H groups in total. The van der Waals surface area contributed by atoms with Gasteiger partial charge < -0.3 is 15.5 Å². The smallest absolute Gasteiger partial charge is 0.255 e. The minimum atomic E-state index is -0.231. The zero-order valence-electron chi connectivity index (χ0n) is 14.6. The maximum absolute atomic E-state index is 12.3. The highest BCUT2D eigenvalue weighted by Gasteiger charge is 2.10. The molecule has 0 unspecified atom stereocenters. The first-order valence-electron chi connectivity index (χ1n) is 7.97. The SMILES string of the molecule is Cc1cc(Cl)ccc1NC(=O)c1ccc(C(=O)NCCN(C)C)cc1. The normalized spacial score (nSPS) is 10.6. The second-order valence-electron chi connectivity index (χ2n) is 6.05. The predicted molar refractivity (Wildman–Crippen MR) is 101 cm³/mol. The Kier molecular flexibility index (Phi) is 6.56. The van der Waals surface area contributed by atoms with Crippen LogP contribution < -0.4 is 10.6 Å². The molecule has 6 heteroatoms. The van der Waals surface area contributed by atoms with Crippen molar-refractivity contribution >= 4 is 29.1 Å². The summed E-state index contributed by atoms with van der Waals surface area (Å²) in [5, 5.41) is 6.31. The lowest BCUT2D eigenvalue weighted by atomic mass is 10.1. The van der Waals surface area contributed by atoms with E-state index in [2.05, 4.69) is 10.6 Å². The van der Waals surface area contributed by atoms with Crippen LogP contribution in [0.2, 0.25) is 5.02 Å². The molecular weight excluding hydrogens is 338 g/mol. The monoisotopic (exact) mass is 359 g/mol. The first-order valence-corrected chi connectivity index (χ1v) is 8.35. The van der Waals surface area contributed by atoms with Gasteiger partial charge in [0.15, 0.2) is 0 Å². The number of hydrogen-bond acceptors (Lipinski definition) is 3. The lowest BCUT2D eigenvalue weighted by Gasteiger charge is -2.11. The van der Waals surface area contributed by atoms with Gasteiger partial charge in [0, 0.05) is 34.9 Å². The van der Waals surface area contributed by atoms with Crippen LogP contribution in [0, 0.1) is 6.92 Å². The number of amides is 2. The summed E-state index contributed by atoms with van der Waals surface area (Å²) in [6.45, 7) is 3.22. The van der Waals surface area contributed by atoms with E-state index >= 15 is 0 Å². The third kappa shape index (κ3) is 5.59. The van der Waals surface area contributed by atoms with Crippen molar-refractivity contribution in [1.82, 2.24) is 10.2 Å². The maximum Gasteiger partial charge on any atom is 0.255 e. The van der Waals surface area contributed by atoms with Crippen LogP contribution in [-0.2, 0) is 0 Å². The minimum Gasteiger partial charge on any atom is -0.351 e. The molecule has 2 rings (SSSR count). The number of carbonyl (C=O) groups excluding carboxylic acids is 2. The van der Waals surface area contributed by atoms with Crippen LogP contribution in [-0.4, -0.2) is 43.9 Å². The first kappa shape index (κ1) is 19.0. The minimum absolute atomic E-state index is 0.151. The molecule has 0 spiro atoms. The molecule has 0 aliphatic rings. The van der Waals surface area contributed by atoms with Crippen LogP contribution in [0.5, 0.6) is 0 Å². The molecule has 5 nitrogen and oxygen atoms in total. The van der Waals surface area contributed by atoms with E-state index in [9.17, 15) is 9.59 Å². The number of benzene rings is 2. The topological polar surface area (TPSA) is 61.4 Å². The molecule has 0 aromatic heterocycles. The van der Waals surface area contributed by atoms with Gasteiger partial charge in [0.25, 0.3) is 11.8 Å². The Hall–Kier alpha value is -2.37. The number of rotatable bonds is 6. The Morgan fingerprint density at radius 3 is 2.16 bits per heavy atom. The molecule has 132 valence electrons. The summed E-state index contributed by atoms with van der Waals surface area (Å²) in [6, 6.07) is 11.9. The number of aryl methyl sites for hydroxylation is 1. The molecule has 2 aromatic carbocycles. The van der Waals surface area contributed by atoms with E-state index in [-0.39, 0.29) is 11.8 Å². The molecule has 2 amide bonds. The summed E-state index contributed by atoms with van der Waals surface area (Å²) in [7, 11) is 3.89. The van der Waals surface area contributed by atoms with Crippen molar-refractivity contribution in [3.05, 3.63) is 64.2 Å². The Labute approximate surface area is 153 Å². The summed E-state index contributed by atoms with van der Waals surface area (Å²) in [5.74, 6) is -0.382. The van der Waals surface area contributed by atoms with E-state index in [4.69, 9.17) is 11.6 Å². The van der Waals surface area contributed by atoms with E-state index in [1.54, 1.807) is 42.5 Å². The number of nitrogens with zero attached hydrogens (tertiary/aromatic N) is 1. The summed E-state index contributed by atoms with van der Waals surface area (Å²) in [6.07, 6.45) is 0. The van der Waals surface area contributed by atoms with Crippen LogP contribution in [0.25, 0.3) is 0 Å². The second kappa shape index (κ2) is 8.65. The molecule has 0 saturated heterocycles. The summed E-state index contributed by atoms with van der Waals surface area (Å²) < 4.78 is 0. The molecule has 2 aromatic rings. The number of carbonyl (C=O) groups is 2. The van der Waals surface area contributed by atoms with Gasteiger partial charge in [0.2, 0.25) is 0 Å². The van der Waals surface area contributed by atoms with Crippen LogP contribution >= 0.6 is 11.6 Å². The van der Waals surface area contributed by atoms with Crippen LogP contribution in [0.4, 0.5) is 5.69 Å². The molecule has 0 heterocycles. The highest BCUT2D eigenvalue weighted by atomic mass is 35.5. The summed E-state index contributed by atoms with van der Waals surface area (Å²) in [5.41, 5.74) is 2.61. The van der Waals surface area contributed by atoms with Crippen LogP contribution in [0.1, 0.15) is 26.3 Å². The molecule has 0 bridgehead atoms. The van der Waals surface area contributed by atoms with E-state index in [1.165, 1.54) is 0 Å². The molecule has 0 radical (unpaired) electrons. The highest BCUT2D eigenvalue weighted by molar-refractivity contribution is 6.30. The molecule has 0 aliphatic carbocycles. The number of halogens is 1. The maximum atomic E-state index is 12.3. The van der Waals surface area contributed by atoms with Crippen molar-refractivity contribution in [1.29, 1.82) is 0 Å². The zero-order chi connectivity index (χ0) is 18.4. The second-order valence-corrected chi connectivity index (χ2v) is 6.49. The van der Waals surface area contributed by atoms with Gasteiger partial charge in [-0.3, -0.25) is 9.59 Å². The first-order chi connectivity index (χ1) is 11.9. The predicted octanol–water partition coefficient (Wildman–Crippen LogP) is 3.19. The van der Waals surface area contributed by atoms with Crippen molar-refractivity contribution in [2.75, 3.05) is 32.5 Å². The standard InChI is InChI=1S/C19H22ClN3O2/c1-13-12-16(20)8-9-17(13)22-19(25)15-6-4-14(5-7-15)18(24)21-10-11-23(2)3/h4-9,12H,10-11H2,1-3H3,(H,21,24)(H,22,25). The van der Waals surface area contributed by atoms with Crippen molar-refractivity contribution in [3.63, 3.8) is 0 Å². The third-order valence-corrected chi connectivity index (χ3v) is 3.93. The fraction of sp³-hybridized carbons (Fsp3) is 0.263. The fourth-order valence-electron chi connectivity index (χ4n) is 2.23. The van der Waals surface area contributed by atoms with Gasteiger partial charge in [-0.15, -0.1) is 0 Å². The van der Waals surface area contributed by atoms with Gasteiger partial charge in [-0.1, -0.05) is 11.6 Å². The van der Waals surface area contributed by atoms with Gasteiger partial charge in [-0.05, 0) is 69.0 Å². The van der Waals surface area contributed by atoms with Crippen molar-refractivity contribution in [2.45, 2.75) is 6.92 Å². The molecular formula is C19H22ClN3O2. The number of anilines is 1. The van der Waals surface area contributed by atoms with Gasteiger partial charge in [-0.2, -0.15) is 0 Å². The number of likely N-dealkylation sites (N-methyl/N-ethyl adjacent to an activating group) is 1. The zero-order valence-corrected chi connectivity index (χ0v) is 15.4. The summed E-state index contributed by atoms with van der Waals surface area (Å²) >= 11 is 5.92. The van der Waals surface area contributed by atoms with Crippen LogP contribution in [0.15, 0.2) is 42.5 Å². The Morgan fingerprint density at radius 2 is 1.60 bits per heavy atom. The third-order valence-electron chi connectivity index (χ3n) is 3.69. The number of hydrogen-bond donors (Lipinski definition) is 2. The van der Waals surface area contributed by atoms with E-state index in [0.717, 1.165) is 12.1 Å². The van der Waals surface area contributed by atoms with Crippen molar-refractivity contribution < 1.29 is 9.59 Å². The lowest BCUT2D eigenvalue weighted by molar-refractivity contribution is 0.0949. The average Bonchev–Trinajstić information content (AvgIpc) is 2.57. The average molecular weight is 360 g/mol. The molecule has 0 saturated carbocycles. The van der Waals surface area contributed by atoms with Gasteiger partial charge in [0.05, 0.1) is 0 Å². The van der Waals surface area contributed by atoms with E-state index in [0.29, 0.717) is 28.4 Å².